The van der Waals surface area contributed by atoms with Crippen molar-refractivity contribution in [2.75, 3.05) is 0 Å². The highest BCUT2D eigenvalue weighted by atomic mass is 32.1. The molecule has 2 aromatic rings. The van der Waals surface area contributed by atoms with Crippen LogP contribution in [0.25, 0.3) is 4.96 Å². The average molecular weight is 236 g/mol. The summed E-state index contributed by atoms with van der Waals surface area (Å²) in [5, 5.41) is 0. The van der Waals surface area contributed by atoms with Crippen molar-refractivity contribution in [3.05, 3.63) is 23.0 Å². The number of thiazole rings is 1. The summed E-state index contributed by atoms with van der Waals surface area (Å²) in [5.74, 6) is 0. The van der Waals surface area contributed by atoms with Crippen LogP contribution in [0.15, 0.2) is 12.4 Å². The van der Waals surface area contributed by atoms with Crippen LogP contribution in [0, 0.1) is 0 Å². The lowest BCUT2D eigenvalue weighted by Crippen LogP contribution is -2.14. The van der Waals surface area contributed by atoms with Crippen LogP contribution in [0.3, 0.4) is 0 Å². The van der Waals surface area contributed by atoms with Gasteiger partial charge >= 0.3 is 0 Å². The fourth-order valence-corrected chi connectivity index (χ4v) is 2.70. The van der Waals surface area contributed by atoms with Crippen molar-refractivity contribution in [3.63, 3.8) is 0 Å². The lowest BCUT2D eigenvalue weighted by Gasteiger charge is -2.17. The van der Waals surface area contributed by atoms with Crippen LogP contribution in [-0.2, 0) is 10.8 Å². The molecule has 2 heterocycles. The van der Waals surface area contributed by atoms with Crippen LogP contribution in [-0.4, -0.2) is 9.38 Å². The molecule has 3 heteroatoms. The molecule has 0 atom stereocenters. The van der Waals surface area contributed by atoms with Gasteiger partial charge in [0.2, 0.25) is 0 Å². The summed E-state index contributed by atoms with van der Waals surface area (Å²) in [7, 11) is 0. The molecule has 0 bridgehead atoms. The third kappa shape index (κ3) is 1.88. The van der Waals surface area contributed by atoms with Gasteiger partial charge in [-0.05, 0) is 5.41 Å². The van der Waals surface area contributed by atoms with Gasteiger partial charge in [-0.15, -0.1) is 11.3 Å². The summed E-state index contributed by atoms with van der Waals surface area (Å²) in [5.41, 5.74) is 1.64. The molecule has 0 saturated heterocycles. The predicted molar refractivity (Wildman–Crippen MR) is 70.5 cm³/mol. The Hall–Kier alpha value is -0.830. The van der Waals surface area contributed by atoms with E-state index < -0.39 is 0 Å². The molecule has 0 aliphatic heterocycles. The Morgan fingerprint density at radius 3 is 2.19 bits per heavy atom. The fourth-order valence-electron chi connectivity index (χ4n) is 1.69. The van der Waals surface area contributed by atoms with Gasteiger partial charge in [-0.1, -0.05) is 41.5 Å². The minimum Gasteiger partial charge on any atom is -0.294 e. The number of imidazole rings is 1. The van der Waals surface area contributed by atoms with Gasteiger partial charge < -0.3 is 0 Å². The zero-order chi connectivity index (χ0) is 12.1. The Morgan fingerprint density at radius 2 is 1.69 bits per heavy atom. The van der Waals surface area contributed by atoms with E-state index in [0.717, 1.165) is 4.96 Å². The van der Waals surface area contributed by atoms with Crippen LogP contribution < -0.4 is 0 Å². The quantitative estimate of drug-likeness (QED) is 0.676. The van der Waals surface area contributed by atoms with Gasteiger partial charge in [0.05, 0.1) is 6.20 Å². The zero-order valence-electron chi connectivity index (χ0n) is 11.0. The van der Waals surface area contributed by atoms with Crippen LogP contribution >= 0.6 is 11.3 Å². The minimum absolute atomic E-state index is 0.148. The molecule has 0 aromatic carbocycles. The highest BCUT2D eigenvalue weighted by Crippen LogP contribution is 2.32. The molecule has 2 rings (SSSR count). The van der Waals surface area contributed by atoms with Crippen molar-refractivity contribution in [1.29, 1.82) is 0 Å². The maximum absolute atomic E-state index is 4.50. The van der Waals surface area contributed by atoms with Crippen molar-refractivity contribution in [1.82, 2.24) is 9.38 Å². The molecule has 0 spiro atoms. The first-order chi connectivity index (χ1) is 7.19. The van der Waals surface area contributed by atoms with E-state index in [2.05, 4.69) is 57.1 Å². The second-order valence-corrected chi connectivity index (χ2v) is 7.40. The largest absolute Gasteiger partial charge is 0.294 e. The van der Waals surface area contributed by atoms with Crippen LogP contribution in [0.5, 0.6) is 0 Å². The molecule has 2 aromatic heterocycles. The first-order valence-corrected chi connectivity index (χ1v) is 6.49. The number of hydrogen-bond acceptors (Lipinski definition) is 2. The topological polar surface area (TPSA) is 17.3 Å². The maximum Gasteiger partial charge on any atom is 0.194 e. The third-order valence-corrected chi connectivity index (χ3v) is 4.14. The fraction of sp³-hybridized carbons (Fsp3) is 0.615. The molecule has 0 fully saturated rings. The van der Waals surface area contributed by atoms with Crippen LogP contribution in [0.2, 0.25) is 0 Å². The molecule has 16 heavy (non-hydrogen) atoms. The molecule has 0 saturated carbocycles. The van der Waals surface area contributed by atoms with Crippen molar-refractivity contribution >= 4 is 16.3 Å². The number of rotatable bonds is 0. The highest BCUT2D eigenvalue weighted by Gasteiger charge is 2.23. The van der Waals surface area contributed by atoms with E-state index >= 15 is 0 Å². The van der Waals surface area contributed by atoms with E-state index in [1.807, 2.05) is 6.20 Å². The summed E-state index contributed by atoms with van der Waals surface area (Å²) in [4.78, 5) is 7.00. The standard InChI is InChI=1S/C13H20N2S/c1-12(2,3)9-7-14-11-15(9)8-10(16-11)13(4,5)6/h7-8H,1-6H3. The number of fused-ring (bicyclic) bond motifs is 1. The first-order valence-electron chi connectivity index (χ1n) is 5.67. The number of aromatic nitrogens is 2. The minimum atomic E-state index is 0.148. The molecule has 0 N–H and O–H groups in total. The lowest BCUT2D eigenvalue weighted by molar-refractivity contribution is 0.560. The zero-order valence-corrected chi connectivity index (χ0v) is 11.8. The Kier molecular flexibility index (Phi) is 2.42. The van der Waals surface area contributed by atoms with Gasteiger partial charge in [0.25, 0.3) is 0 Å². The lowest BCUT2D eigenvalue weighted by atomic mass is 9.92. The van der Waals surface area contributed by atoms with Crippen LogP contribution in [0.1, 0.15) is 52.1 Å². The van der Waals surface area contributed by atoms with Crippen molar-refractivity contribution in [2.45, 2.75) is 52.4 Å². The second-order valence-electron chi connectivity index (χ2n) is 6.39. The van der Waals surface area contributed by atoms with Gasteiger partial charge in [0.1, 0.15) is 0 Å². The summed E-state index contributed by atoms with van der Waals surface area (Å²) in [6.45, 7) is 13.4. The van der Waals surface area contributed by atoms with E-state index in [9.17, 15) is 0 Å². The molecular weight excluding hydrogens is 216 g/mol. The molecule has 0 amide bonds. The summed E-state index contributed by atoms with van der Waals surface area (Å²) in [6.07, 6.45) is 4.24. The average Bonchev–Trinajstić information content (AvgIpc) is 2.53. The highest BCUT2D eigenvalue weighted by molar-refractivity contribution is 7.17. The maximum atomic E-state index is 4.50. The van der Waals surface area contributed by atoms with E-state index in [-0.39, 0.29) is 10.8 Å². The predicted octanol–water partition coefficient (Wildman–Crippen LogP) is 3.99. The van der Waals surface area contributed by atoms with Crippen LogP contribution in [0.4, 0.5) is 0 Å². The first kappa shape index (κ1) is 11.6. The summed E-state index contributed by atoms with van der Waals surface area (Å²) in [6, 6.07) is 0. The number of hydrogen-bond donors (Lipinski definition) is 0. The molecular formula is C13H20N2S. The monoisotopic (exact) mass is 236 g/mol. The second kappa shape index (κ2) is 3.33. The third-order valence-electron chi connectivity index (χ3n) is 2.72. The molecule has 0 unspecified atom stereocenters. The molecule has 0 aliphatic carbocycles. The molecule has 0 radical (unpaired) electrons. The van der Waals surface area contributed by atoms with Crippen molar-refractivity contribution in [2.24, 2.45) is 0 Å². The number of nitrogens with zero attached hydrogens (tertiary/aromatic N) is 2. The van der Waals surface area contributed by atoms with E-state index in [4.69, 9.17) is 0 Å². The van der Waals surface area contributed by atoms with Gasteiger partial charge in [-0.2, -0.15) is 0 Å². The van der Waals surface area contributed by atoms with Gasteiger partial charge in [-0.3, -0.25) is 4.40 Å². The summed E-state index contributed by atoms with van der Waals surface area (Å²) >= 11 is 1.79. The van der Waals surface area contributed by atoms with E-state index in [0.29, 0.717) is 0 Å². The molecule has 2 nitrogen and oxygen atoms in total. The molecule has 88 valence electrons. The summed E-state index contributed by atoms with van der Waals surface area (Å²) < 4.78 is 2.24. The normalized spacial score (nSPS) is 13.6. The van der Waals surface area contributed by atoms with Gasteiger partial charge in [-0.25, -0.2) is 4.98 Å². The van der Waals surface area contributed by atoms with Gasteiger partial charge in [0, 0.05) is 22.2 Å². The Labute approximate surface area is 101 Å². The SMILES string of the molecule is CC(C)(C)c1cn2c(C(C)(C)C)cnc2s1. The Bertz CT molecular complexity index is 506. The van der Waals surface area contributed by atoms with E-state index in [1.165, 1.54) is 10.6 Å². The van der Waals surface area contributed by atoms with E-state index in [1.54, 1.807) is 11.3 Å². The Balaban J connectivity index is 2.61. The smallest absolute Gasteiger partial charge is 0.194 e. The molecule has 0 aliphatic rings. The van der Waals surface area contributed by atoms with Crippen molar-refractivity contribution in [3.8, 4) is 0 Å². The van der Waals surface area contributed by atoms with Crippen molar-refractivity contribution < 1.29 is 0 Å². The Morgan fingerprint density at radius 1 is 1.06 bits per heavy atom. The van der Waals surface area contributed by atoms with Gasteiger partial charge in [0.15, 0.2) is 4.96 Å².